The van der Waals surface area contributed by atoms with E-state index in [4.69, 9.17) is 4.74 Å². The van der Waals surface area contributed by atoms with Crippen LogP contribution in [0.1, 0.15) is 41.3 Å². The summed E-state index contributed by atoms with van der Waals surface area (Å²) >= 11 is 1.55. The van der Waals surface area contributed by atoms with Crippen molar-refractivity contribution in [2.45, 2.75) is 46.1 Å². The molecular formula is C23H27N5O2S. The average molecular weight is 438 g/mol. The van der Waals surface area contributed by atoms with Gasteiger partial charge in [-0.05, 0) is 49.9 Å². The number of rotatable bonds is 5. The number of imidazole rings is 1. The molecule has 2 atom stereocenters. The molecule has 1 saturated heterocycles. The highest BCUT2D eigenvalue weighted by molar-refractivity contribution is 7.15. The quantitative estimate of drug-likeness (QED) is 0.499. The second-order valence-electron chi connectivity index (χ2n) is 8.41. The van der Waals surface area contributed by atoms with Gasteiger partial charge < -0.3 is 19.9 Å². The second kappa shape index (κ2) is 8.11. The minimum Gasteiger partial charge on any atom is -0.372 e. The number of hydrogen-bond donors (Lipinski definition) is 2. The highest BCUT2D eigenvalue weighted by atomic mass is 32.1. The Hall–Kier alpha value is -2.68. The summed E-state index contributed by atoms with van der Waals surface area (Å²) in [6, 6.07) is 8.60. The Morgan fingerprint density at radius 3 is 2.87 bits per heavy atom. The van der Waals surface area contributed by atoms with Crippen molar-refractivity contribution < 1.29 is 9.53 Å². The summed E-state index contributed by atoms with van der Waals surface area (Å²) in [4.78, 5) is 24.1. The molecule has 1 amide bonds. The van der Waals surface area contributed by atoms with Crippen molar-refractivity contribution in [1.82, 2.24) is 24.6 Å². The van der Waals surface area contributed by atoms with Crippen molar-refractivity contribution in [3.63, 3.8) is 0 Å². The zero-order valence-corrected chi connectivity index (χ0v) is 18.8. The summed E-state index contributed by atoms with van der Waals surface area (Å²) in [6.07, 6.45) is 2.05. The number of fused-ring (bicyclic) bond motifs is 2. The summed E-state index contributed by atoms with van der Waals surface area (Å²) < 4.78 is 7.82. The number of nitrogens with zero attached hydrogens (tertiary/aromatic N) is 3. The van der Waals surface area contributed by atoms with Crippen molar-refractivity contribution in [3.8, 4) is 0 Å². The molecule has 1 aromatic carbocycles. The number of amides is 1. The van der Waals surface area contributed by atoms with E-state index in [-0.39, 0.29) is 18.1 Å². The first-order valence-corrected chi connectivity index (χ1v) is 11.5. The van der Waals surface area contributed by atoms with Crippen molar-refractivity contribution in [2.75, 3.05) is 13.1 Å². The number of ether oxygens (including phenoxy) is 1. The predicted octanol–water partition coefficient (Wildman–Crippen LogP) is 3.72. The van der Waals surface area contributed by atoms with E-state index < -0.39 is 0 Å². The molecule has 0 radical (unpaired) electrons. The van der Waals surface area contributed by atoms with Crippen LogP contribution in [0.5, 0.6) is 0 Å². The molecule has 1 fully saturated rings. The second-order valence-corrected chi connectivity index (χ2v) is 9.28. The van der Waals surface area contributed by atoms with Gasteiger partial charge in [-0.25, -0.2) is 4.98 Å². The number of carbonyl (C=O) groups is 1. The summed E-state index contributed by atoms with van der Waals surface area (Å²) in [5.41, 5.74) is 4.97. The first kappa shape index (κ1) is 20.2. The third-order valence-corrected chi connectivity index (χ3v) is 6.47. The molecule has 0 unspecified atom stereocenters. The Morgan fingerprint density at radius 1 is 1.26 bits per heavy atom. The number of benzene rings is 1. The van der Waals surface area contributed by atoms with E-state index in [0.29, 0.717) is 25.3 Å². The highest BCUT2D eigenvalue weighted by Crippen LogP contribution is 2.22. The van der Waals surface area contributed by atoms with Gasteiger partial charge in [-0.1, -0.05) is 6.07 Å². The van der Waals surface area contributed by atoms with Crippen LogP contribution in [-0.2, 0) is 17.8 Å². The lowest BCUT2D eigenvalue weighted by Crippen LogP contribution is -2.48. The van der Waals surface area contributed by atoms with Gasteiger partial charge in [0.05, 0.1) is 17.9 Å². The van der Waals surface area contributed by atoms with Crippen LogP contribution >= 0.6 is 11.3 Å². The number of nitrogens with one attached hydrogen (secondary N) is 2. The molecule has 162 valence electrons. The fourth-order valence-electron chi connectivity index (χ4n) is 4.43. The molecule has 0 aliphatic carbocycles. The zero-order valence-electron chi connectivity index (χ0n) is 18.0. The van der Waals surface area contributed by atoms with Crippen molar-refractivity contribution in [1.29, 1.82) is 0 Å². The molecule has 1 aliphatic rings. The van der Waals surface area contributed by atoms with Gasteiger partial charge >= 0.3 is 0 Å². The number of aryl methyl sites for hydroxylation is 1. The lowest BCUT2D eigenvalue weighted by molar-refractivity contribution is -0.0587. The van der Waals surface area contributed by atoms with E-state index in [2.05, 4.69) is 46.5 Å². The number of H-pyrrole nitrogens is 1. The average Bonchev–Trinajstić information content (AvgIpc) is 3.40. The molecule has 7 nitrogen and oxygen atoms in total. The monoisotopic (exact) mass is 437 g/mol. The first-order chi connectivity index (χ1) is 15.0. The number of carbonyl (C=O) groups excluding carboxylic acids is 1. The van der Waals surface area contributed by atoms with Crippen molar-refractivity contribution in [2.24, 2.45) is 0 Å². The van der Waals surface area contributed by atoms with Crippen molar-refractivity contribution >= 4 is 33.1 Å². The molecule has 0 spiro atoms. The number of aromatic nitrogens is 3. The molecule has 3 aromatic heterocycles. The highest BCUT2D eigenvalue weighted by Gasteiger charge is 2.30. The molecular weight excluding hydrogens is 410 g/mol. The molecule has 5 rings (SSSR count). The van der Waals surface area contributed by atoms with Gasteiger partial charge in [0, 0.05) is 49.0 Å². The van der Waals surface area contributed by atoms with Gasteiger partial charge in [-0.2, -0.15) is 0 Å². The Kier molecular flexibility index (Phi) is 5.29. The van der Waals surface area contributed by atoms with Gasteiger partial charge in [0.15, 0.2) is 10.7 Å². The molecule has 2 N–H and O–H groups in total. The van der Waals surface area contributed by atoms with Crippen LogP contribution < -0.4 is 5.32 Å². The predicted molar refractivity (Wildman–Crippen MR) is 123 cm³/mol. The third kappa shape index (κ3) is 3.98. The summed E-state index contributed by atoms with van der Waals surface area (Å²) in [7, 11) is 0. The molecule has 0 saturated carbocycles. The molecule has 0 bridgehead atoms. The maximum absolute atomic E-state index is 13.3. The standard InChI is InChI=1S/C23H27N5O2S/c1-14-8-18-9-17(4-5-19(18)25-14)10-24-11-20-21(26-23-28(20)6-7-31-23)22(29)27-12-15(2)30-16(3)13-27/h4-9,15-16,24-25H,10-13H2,1-3H3/t15-,16+. The SMILES string of the molecule is Cc1cc2cc(CNCc3c(C(=O)N4C[C@@H](C)O[C@@H](C)C4)nc4sccn34)ccc2[nH]1. The van der Waals surface area contributed by atoms with Gasteiger partial charge in [-0.15, -0.1) is 11.3 Å². The molecule has 4 heterocycles. The number of thiazole rings is 1. The summed E-state index contributed by atoms with van der Waals surface area (Å²) in [6.45, 7) is 8.56. The maximum Gasteiger partial charge on any atom is 0.274 e. The number of hydrogen-bond acceptors (Lipinski definition) is 5. The minimum atomic E-state index is -0.0149. The number of morpholine rings is 1. The summed E-state index contributed by atoms with van der Waals surface area (Å²) in [5.74, 6) is -0.0149. The van der Waals surface area contributed by atoms with E-state index in [1.165, 1.54) is 10.9 Å². The van der Waals surface area contributed by atoms with Crippen LogP contribution in [0.3, 0.4) is 0 Å². The fraction of sp³-hybridized carbons (Fsp3) is 0.391. The maximum atomic E-state index is 13.3. The molecule has 1 aliphatic heterocycles. The van der Waals surface area contributed by atoms with Crippen LogP contribution in [0.2, 0.25) is 0 Å². The van der Waals surface area contributed by atoms with Crippen LogP contribution in [0.25, 0.3) is 15.9 Å². The lowest BCUT2D eigenvalue weighted by atomic mass is 10.1. The topological polar surface area (TPSA) is 74.7 Å². The normalized spacial score (nSPS) is 19.5. The van der Waals surface area contributed by atoms with Crippen LogP contribution in [0.15, 0.2) is 35.8 Å². The van der Waals surface area contributed by atoms with Crippen LogP contribution in [0, 0.1) is 6.92 Å². The van der Waals surface area contributed by atoms with E-state index in [9.17, 15) is 4.79 Å². The minimum absolute atomic E-state index is 0.0149. The third-order valence-electron chi connectivity index (χ3n) is 5.71. The van der Waals surface area contributed by atoms with Gasteiger partial charge in [-0.3, -0.25) is 9.20 Å². The van der Waals surface area contributed by atoms with Gasteiger partial charge in [0.2, 0.25) is 0 Å². The van der Waals surface area contributed by atoms with Gasteiger partial charge in [0.25, 0.3) is 5.91 Å². The fourth-order valence-corrected chi connectivity index (χ4v) is 5.16. The van der Waals surface area contributed by atoms with E-state index >= 15 is 0 Å². The van der Waals surface area contributed by atoms with Gasteiger partial charge in [0.1, 0.15) is 0 Å². The van der Waals surface area contributed by atoms with Crippen LogP contribution in [0.4, 0.5) is 0 Å². The Labute approximate surface area is 185 Å². The molecule has 8 heteroatoms. The summed E-state index contributed by atoms with van der Waals surface area (Å²) in [5, 5.41) is 6.73. The van der Waals surface area contributed by atoms with E-state index in [0.717, 1.165) is 28.4 Å². The number of aromatic amines is 1. The largest absolute Gasteiger partial charge is 0.372 e. The molecule has 31 heavy (non-hydrogen) atoms. The Bertz CT molecular complexity index is 1230. The smallest absolute Gasteiger partial charge is 0.274 e. The first-order valence-electron chi connectivity index (χ1n) is 10.7. The van der Waals surface area contributed by atoms with E-state index in [1.54, 1.807) is 11.3 Å². The zero-order chi connectivity index (χ0) is 21.5. The van der Waals surface area contributed by atoms with E-state index in [1.807, 2.05) is 34.7 Å². The Balaban J connectivity index is 1.35. The van der Waals surface area contributed by atoms with Crippen LogP contribution in [-0.4, -0.2) is 50.5 Å². The lowest BCUT2D eigenvalue weighted by Gasteiger charge is -2.35. The Morgan fingerprint density at radius 2 is 2.06 bits per heavy atom. The molecule has 4 aromatic rings. The van der Waals surface area contributed by atoms with Crippen molar-refractivity contribution in [3.05, 3.63) is 58.5 Å².